The number of rotatable bonds is 4. The average Bonchev–Trinajstić information content (AvgIpc) is 3.44. The summed E-state index contributed by atoms with van der Waals surface area (Å²) in [7, 11) is -3.78. The van der Waals surface area contributed by atoms with Crippen LogP contribution < -0.4 is 0 Å². The van der Waals surface area contributed by atoms with Crippen LogP contribution in [0.5, 0.6) is 0 Å². The number of ether oxygens (including phenoxy) is 3. The largest absolute Gasteiger partial charge is 0.343 e. The van der Waals surface area contributed by atoms with Crippen molar-refractivity contribution in [2.45, 2.75) is 68.6 Å². The maximum atomic E-state index is 13.9. The van der Waals surface area contributed by atoms with Gasteiger partial charge in [-0.15, -0.1) is 0 Å². The van der Waals surface area contributed by atoms with Gasteiger partial charge < -0.3 is 14.2 Å². The molecule has 0 amide bonds. The zero-order valence-corrected chi connectivity index (χ0v) is 20.4. The highest BCUT2D eigenvalue weighted by atomic mass is 32.2. The topological polar surface area (TPSA) is 77.5 Å². The number of fused-ring (bicyclic) bond motifs is 5. The van der Waals surface area contributed by atoms with E-state index in [4.69, 9.17) is 19.0 Å². The van der Waals surface area contributed by atoms with E-state index in [0.717, 1.165) is 11.1 Å². The smallest absolute Gasteiger partial charge is 0.243 e. The van der Waals surface area contributed by atoms with Crippen molar-refractivity contribution < 1.29 is 27.5 Å². The van der Waals surface area contributed by atoms with Crippen LogP contribution in [0.2, 0.25) is 0 Å². The Labute approximate surface area is 200 Å². The molecule has 34 heavy (non-hydrogen) atoms. The van der Waals surface area contributed by atoms with Crippen LogP contribution in [0.4, 0.5) is 0 Å². The third-order valence-corrected chi connectivity index (χ3v) is 9.09. The van der Waals surface area contributed by atoms with E-state index in [0.29, 0.717) is 19.7 Å². The van der Waals surface area contributed by atoms with Crippen LogP contribution >= 0.6 is 0 Å². The van der Waals surface area contributed by atoms with Gasteiger partial charge in [0, 0.05) is 19.0 Å². The van der Waals surface area contributed by atoms with Gasteiger partial charge in [0.2, 0.25) is 10.0 Å². The molecule has 4 aliphatic heterocycles. The first-order chi connectivity index (χ1) is 16.2. The molecule has 2 aromatic rings. The first kappa shape index (κ1) is 22.6. The number of piperidine rings is 1. The number of nitrogens with zero attached hydrogens (tertiary/aromatic N) is 2. The molecule has 8 nitrogen and oxygen atoms in total. The second kappa shape index (κ2) is 8.09. The Bertz CT molecular complexity index is 1160. The summed E-state index contributed by atoms with van der Waals surface area (Å²) >= 11 is 0. The molecule has 6 atom stereocenters. The molecular formula is C25H30N2O6S. The molecule has 0 bridgehead atoms. The Hall–Kier alpha value is -1.85. The summed E-state index contributed by atoms with van der Waals surface area (Å²) in [4.78, 5) is 6.38. The fraction of sp³-hybridized carbons (Fsp3) is 0.520. The minimum Gasteiger partial charge on any atom is -0.343 e. The van der Waals surface area contributed by atoms with E-state index < -0.39 is 40.4 Å². The number of hydrogen-bond acceptors (Lipinski definition) is 7. The molecule has 4 fully saturated rings. The number of hydrogen-bond donors (Lipinski definition) is 0. The summed E-state index contributed by atoms with van der Waals surface area (Å²) in [5.74, 6) is -0.871. The van der Waals surface area contributed by atoms with Crippen LogP contribution in [0.3, 0.4) is 0 Å². The van der Waals surface area contributed by atoms with Crippen LogP contribution in [0.15, 0.2) is 59.5 Å². The van der Waals surface area contributed by atoms with Gasteiger partial charge in [0.25, 0.3) is 0 Å². The number of aryl methyl sites for hydroxylation is 1. The van der Waals surface area contributed by atoms with Gasteiger partial charge in [-0.1, -0.05) is 48.0 Å². The van der Waals surface area contributed by atoms with Gasteiger partial charge >= 0.3 is 0 Å². The lowest BCUT2D eigenvalue weighted by Gasteiger charge is -2.44. The third-order valence-electron chi connectivity index (χ3n) is 7.21. The third kappa shape index (κ3) is 3.71. The second-order valence-corrected chi connectivity index (χ2v) is 11.9. The van der Waals surface area contributed by atoms with Gasteiger partial charge in [0.15, 0.2) is 12.1 Å². The minimum absolute atomic E-state index is 0.0305. The molecule has 182 valence electrons. The van der Waals surface area contributed by atoms with Crippen molar-refractivity contribution in [3.8, 4) is 0 Å². The summed E-state index contributed by atoms with van der Waals surface area (Å²) in [6.45, 7) is 6.97. The van der Waals surface area contributed by atoms with Gasteiger partial charge in [0.1, 0.15) is 6.10 Å². The van der Waals surface area contributed by atoms with Crippen molar-refractivity contribution in [2.24, 2.45) is 5.92 Å². The molecule has 0 saturated carbocycles. The Morgan fingerprint density at radius 1 is 0.971 bits per heavy atom. The number of hydroxylamine groups is 2. The summed E-state index contributed by atoms with van der Waals surface area (Å²) in [6.07, 6.45) is -1.57. The van der Waals surface area contributed by atoms with Gasteiger partial charge in [-0.05, 0) is 38.5 Å². The minimum atomic E-state index is -3.78. The van der Waals surface area contributed by atoms with Gasteiger partial charge in [-0.25, -0.2) is 8.42 Å². The zero-order valence-electron chi connectivity index (χ0n) is 19.5. The van der Waals surface area contributed by atoms with E-state index in [1.54, 1.807) is 16.4 Å². The quantitative estimate of drug-likeness (QED) is 0.658. The van der Waals surface area contributed by atoms with E-state index >= 15 is 0 Å². The van der Waals surface area contributed by atoms with Crippen LogP contribution in [-0.2, 0) is 35.6 Å². The highest BCUT2D eigenvalue weighted by molar-refractivity contribution is 7.89. The monoisotopic (exact) mass is 486 g/mol. The van der Waals surface area contributed by atoms with E-state index in [-0.39, 0.29) is 16.9 Å². The Kier molecular flexibility index (Phi) is 5.38. The van der Waals surface area contributed by atoms with Crippen molar-refractivity contribution in [3.05, 3.63) is 65.7 Å². The van der Waals surface area contributed by atoms with Gasteiger partial charge in [-0.3, -0.25) is 4.84 Å². The standard InChI is InChI=1S/C25H30N2O6S/c1-16-9-11-19(12-10-16)34(28,29)27-14-18-15-30-26(13-17-7-5-4-6-8-17)20(18)22-21(27)23-24(31-22)33-25(2,3)32-23/h4-12,18,20-24H,13-15H2,1-3H3/t18-,20+,21-,22-,23-,24-/m1/s1. The predicted molar refractivity (Wildman–Crippen MR) is 123 cm³/mol. The van der Waals surface area contributed by atoms with Gasteiger partial charge in [-0.2, -0.15) is 9.37 Å². The molecule has 0 aromatic heterocycles. The van der Waals surface area contributed by atoms with Crippen molar-refractivity contribution in [3.63, 3.8) is 0 Å². The molecule has 0 spiro atoms. The maximum Gasteiger partial charge on any atom is 0.243 e. The highest BCUT2D eigenvalue weighted by Gasteiger charge is 2.65. The second-order valence-electron chi connectivity index (χ2n) is 10.1. The van der Waals surface area contributed by atoms with Crippen LogP contribution in [-0.4, -0.2) is 67.3 Å². The molecule has 9 heteroatoms. The Morgan fingerprint density at radius 2 is 1.71 bits per heavy atom. The summed E-state index contributed by atoms with van der Waals surface area (Å²) in [5, 5.41) is 1.96. The van der Waals surface area contributed by atoms with Gasteiger partial charge in [0.05, 0.1) is 29.7 Å². The lowest BCUT2D eigenvalue weighted by atomic mass is 9.86. The van der Waals surface area contributed by atoms with Crippen molar-refractivity contribution >= 4 is 10.0 Å². The summed E-state index contributed by atoms with van der Waals surface area (Å²) < 4.78 is 48.0. The molecule has 6 rings (SSSR count). The van der Waals surface area contributed by atoms with Crippen molar-refractivity contribution in [1.82, 2.24) is 9.37 Å². The molecule has 2 aromatic carbocycles. The highest BCUT2D eigenvalue weighted by Crippen LogP contribution is 2.47. The molecule has 4 saturated heterocycles. The Morgan fingerprint density at radius 3 is 2.44 bits per heavy atom. The lowest BCUT2D eigenvalue weighted by molar-refractivity contribution is -0.232. The lowest BCUT2D eigenvalue weighted by Crippen LogP contribution is -2.63. The molecule has 0 radical (unpaired) electrons. The average molecular weight is 487 g/mol. The van der Waals surface area contributed by atoms with E-state index in [1.165, 1.54) is 0 Å². The molecule has 4 aliphatic rings. The first-order valence-corrected chi connectivity index (χ1v) is 13.2. The first-order valence-electron chi connectivity index (χ1n) is 11.8. The van der Waals surface area contributed by atoms with Crippen molar-refractivity contribution in [1.29, 1.82) is 0 Å². The van der Waals surface area contributed by atoms with Crippen LogP contribution in [0.1, 0.15) is 25.0 Å². The SMILES string of the molecule is Cc1ccc(S(=O)(=O)N2C[C@@H]3CON(Cc4ccccc4)[C@@H]3[C@H]3O[C@@H]4OC(C)(C)O[C@@H]4[C@@H]32)cc1. The summed E-state index contributed by atoms with van der Waals surface area (Å²) in [5.41, 5.74) is 2.14. The van der Waals surface area contributed by atoms with Crippen LogP contribution in [0.25, 0.3) is 0 Å². The number of sulfonamides is 1. The fourth-order valence-corrected chi connectivity index (χ4v) is 7.40. The van der Waals surface area contributed by atoms with E-state index in [2.05, 4.69) is 12.1 Å². The van der Waals surface area contributed by atoms with Crippen molar-refractivity contribution in [2.75, 3.05) is 13.2 Å². The predicted octanol–water partition coefficient (Wildman–Crippen LogP) is 2.68. The zero-order chi connectivity index (χ0) is 23.7. The normalized spacial score (nSPS) is 35.1. The Balaban J connectivity index is 1.36. The van der Waals surface area contributed by atoms with E-state index in [9.17, 15) is 8.42 Å². The summed E-state index contributed by atoms with van der Waals surface area (Å²) in [6, 6.07) is 16.5. The fourth-order valence-electron chi connectivity index (χ4n) is 5.70. The molecule has 0 N–H and O–H groups in total. The molecule has 0 unspecified atom stereocenters. The van der Waals surface area contributed by atoms with E-state index in [1.807, 2.05) is 56.2 Å². The molecule has 4 heterocycles. The van der Waals surface area contributed by atoms with Crippen LogP contribution in [0, 0.1) is 12.8 Å². The number of benzene rings is 2. The molecule has 0 aliphatic carbocycles. The molecular weight excluding hydrogens is 456 g/mol. The maximum absolute atomic E-state index is 13.9.